The molecule has 1 aliphatic carbocycles. The van der Waals surface area contributed by atoms with Crippen molar-refractivity contribution in [3.8, 4) is 5.75 Å². The molecule has 1 aliphatic rings. The first-order valence-corrected chi connectivity index (χ1v) is 6.65. The zero-order valence-corrected chi connectivity index (χ0v) is 11.2. The summed E-state index contributed by atoms with van der Waals surface area (Å²) in [6.07, 6.45) is 4.83. The summed E-state index contributed by atoms with van der Waals surface area (Å²) in [5, 5.41) is 0. The van der Waals surface area contributed by atoms with Crippen LogP contribution in [-0.4, -0.2) is 12.6 Å². The third-order valence-electron chi connectivity index (χ3n) is 2.72. The smallest absolute Gasteiger partial charge is 0.137 e. The lowest BCUT2D eigenvalue weighted by Crippen LogP contribution is -2.04. The monoisotopic (exact) mass is 283 g/mol. The quantitative estimate of drug-likeness (QED) is 0.901. The van der Waals surface area contributed by atoms with Gasteiger partial charge in [-0.3, -0.25) is 0 Å². The van der Waals surface area contributed by atoms with Crippen molar-refractivity contribution in [2.75, 3.05) is 6.54 Å². The van der Waals surface area contributed by atoms with Crippen molar-refractivity contribution in [1.29, 1.82) is 0 Å². The summed E-state index contributed by atoms with van der Waals surface area (Å²) in [6.45, 7) is 2.84. The van der Waals surface area contributed by atoms with Gasteiger partial charge in [-0.05, 0) is 72.3 Å². The lowest BCUT2D eigenvalue weighted by atomic mass is 10.1. The van der Waals surface area contributed by atoms with Crippen LogP contribution in [0.1, 0.15) is 30.4 Å². The van der Waals surface area contributed by atoms with Gasteiger partial charge in [0.05, 0.1) is 10.6 Å². The number of ether oxygens (including phenoxy) is 1. The second kappa shape index (κ2) is 5.19. The van der Waals surface area contributed by atoms with E-state index in [1.54, 1.807) is 0 Å². The van der Waals surface area contributed by atoms with Gasteiger partial charge in [-0.2, -0.15) is 0 Å². The molecule has 0 unspecified atom stereocenters. The SMILES string of the molecule is Cc1cc(Br)c(OC2CC2)c(CCCN)c1. The van der Waals surface area contributed by atoms with Gasteiger partial charge in [-0.1, -0.05) is 6.07 Å². The highest BCUT2D eigenvalue weighted by molar-refractivity contribution is 9.10. The molecule has 1 aromatic carbocycles. The van der Waals surface area contributed by atoms with E-state index in [-0.39, 0.29) is 0 Å². The van der Waals surface area contributed by atoms with Crippen molar-refractivity contribution in [1.82, 2.24) is 0 Å². The molecule has 0 bridgehead atoms. The summed E-state index contributed by atoms with van der Waals surface area (Å²) < 4.78 is 7.03. The third kappa shape index (κ3) is 2.98. The first-order chi connectivity index (χ1) is 7.70. The van der Waals surface area contributed by atoms with Gasteiger partial charge in [0.2, 0.25) is 0 Å². The van der Waals surface area contributed by atoms with Gasteiger partial charge in [-0.25, -0.2) is 0 Å². The molecule has 3 heteroatoms. The van der Waals surface area contributed by atoms with E-state index < -0.39 is 0 Å². The first kappa shape index (κ1) is 11.9. The minimum absolute atomic E-state index is 0.440. The Bertz CT molecular complexity index is 374. The molecule has 0 aliphatic heterocycles. The molecule has 0 spiro atoms. The van der Waals surface area contributed by atoms with Gasteiger partial charge in [0.15, 0.2) is 0 Å². The topological polar surface area (TPSA) is 35.2 Å². The second-order valence-electron chi connectivity index (χ2n) is 4.44. The van der Waals surface area contributed by atoms with Crippen molar-refractivity contribution in [3.63, 3.8) is 0 Å². The first-order valence-electron chi connectivity index (χ1n) is 5.86. The summed E-state index contributed by atoms with van der Waals surface area (Å²) in [7, 11) is 0. The highest BCUT2D eigenvalue weighted by atomic mass is 79.9. The van der Waals surface area contributed by atoms with Crippen LogP contribution in [-0.2, 0) is 6.42 Å². The molecule has 0 atom stereocenters. The van der Waals surface area contributed by atoms with Crippen LogP contribution in [0.15, 0.2) is 16.6 Å². The molecule has 16 heavy (non-hydrogen) atoms. The Morgan fingerprint density at radius 2 is 2.19 bits per heavy atom. The van der Waals surface area contributed by atoms with Gasteiger partial charge in [0, 0.05) is 0 Å². The largest absolute Gasteiger partial charge is 0.489 e. The summed E-state index contributed by atoms with van der Waals surface area (Å²) in [6, 6.07) is 4.32. The fourth-order valence-electron chi connectivity index (χ4n) is 1.76. The fourth-order valence-corrected chi connectivity index (χ4v) is 2.47. The molecule has 2 rings (SSSR count). The Morgan fingerprint density at radius 3 is 2.81 bits per heavy atom. The molecule has 0 saturated heterocycles. The molecular formula is C13H18BrNO. The van der Waals surface area contributed by atoms with E-state index >= 15 is 0 Å². The number of benzene rings is 1. The van der Waals surface area contributed by atoms with Crippen molar-refractivity contribution < 1.29 is 4.74 Å². The van der Waals surface area contributed by atoms with Crippen molar-refractivity contribution >= 4 is 15.9 Å². The van der Waals surface area contributed by atoms with E-state index in [9.17, 15) is 0 Å². The van der Waals surface area contributed by atoms with Gasteiger partial charge >= 0.3 is 0 Å². The summed E-state index contributed by atoms with van der Waals surface area (Å²) >= 11 is 3.59. The average molecular weight is 284 g/mol. The number of rotatable bonds is 5. The lowest BCUT2D eigenvalue weighted by molar-refractivity contribution is 0.297. The standard InChI is InChI=1S/C13H18BrNO/c1-9-7-10(3-2-6-15)13(12(14)8-9)16-11-4-5-11/h7-8,11H,2-6,15H2,1H3. The Morgan fingerprint density at radius 1 is 1.44 bits per heavy atom. The molecule has 0 aromatic heterocycles. The van der Waals surface area contributed by atoms with E-state index in [1.165, 1.54) is 24.0 Å². The predicted molar refractivity (Wildman–Crippen MR) is 69.9 cm³/mol. The Balaban J connectivity index is 2.22. The molecule has 1 aromatic rings. The van der Waals surface area contributed by atoms with E-state index in [2.05, 4.69) is 35.0 Å². The molecule has 0 amide bonds. The van der Waals surface area contributed by atoms with Crippen LogP contribution >= 0.6 is 15.9 Å². The number of hydrogen-bond donors (Lipinski definition) is 1. The summed E-state index contributed by atoms with van der Waals surface area (Å²) in [5.41, 5.74) is 8.11. The number of hydrogen-bond acceptors (Lipinski definition) is 2. The van der Waals surface area contributed by atoms with Gasteiger partial charge in [0.25, 0.3) is 0 Å². The second-order valence-corrected chi connectivity index (χ2v) is 5.30. The van der Waals surface area contributed by atoms with Crippen LogP contribution in [0.5, 0.6) is 5.75 Å². The fraction of sp³-hybridized carbons (Fsp3) is 0.538. The van der Waals surface area contributed by atoms with Crippen molar-refractivity contribution in [2.45, 2.75) is 38.7 Å². The van der Waals surface area contributed by atoms with E-state index in [0.29, 0.717) is 6.10 Å². The molecule has 88 valence electrons. The molecule has 2 N–H and O–H groups in total. The number of nitrogens with two attached hydrogens (primary N) is 1. The Labute approximate surface area is 105 Å². The molecule has 0 heterocycles. The highest BCUT2D eigenvalue weighted by Crippen LogP contribution is 2.36. The summed E-state index contributed by atoms with van der Waals surface area (Å²) in [4.78, 5) is 0. The number of halogens is 1. The van der Waals surface area contributed by atoms with Gasteiger partial charge < -0.3 is 10.5 Å². The predicted octanol–water partition coefficient (Wildman–Crippen LogP) is 3.19. The molecular weight excluding hydrogens is 266 g/mol. The third-order valence-corrected chi connectivity index (χ3v) is 3.31. The Kier molecular flexibility index (Phi) is 3.87. The molecule has 2 nitrogen and oxygen atoms in total. The van der Waals surface area contributed by atoms with Crippen LogP contribution in [0.3, 0.4) is 0 Å². The van der Waals surface area contributed by atoms with E-state index in [4.69, 9.17) is 10.5 Å². The van der Waals surface area contributed by atoms with Crippen LogP contribution in [0, 0.1) is 6.92 Å². The van der Waals surface area contributed by atoms with Crippen LogP contribution in [0.25, 0.3) is 0 Å². The van der Waals surface area contributed by atoms with Crippen molar-refractivity contribution in [3.05, 3.63) is 27.7 Å². The summed E-state index contributed by atoms with van der Waals surface area (Å²) in [5.74, 6) is 1.03. The zero-order chi connectivity index (χ0) is 11.5. The lowest BCUT2D eigenvalue weighted by Gasteiger charge is -2.14. The van der Waals surface area contributed by atoms with Crippen LogP contribution in [0.2, 0.25) is 0 Å². The normalized spacial score (nSPS) is 15.2. The molecule has 0 radical (unpaired) electrons. The maximum absolute atomic E-state index is 5.95. The van der Waals surface area contributed by atoms with E-state index in [0.717, 1.165) is 29.6 Å². The van der Waals surface area contributed by atoms with Crippen LogP contribution in [0.4, 0.5) is 0 Å². The minimum atomic E-state index is 0.440. The molecule has 1 fully saturated rings. The number of aryl methyl sites for hydroxylation is 2. The van der Waals surface area contributed by atoms with Gasteiger partial charge in [0.1, 0.15) is 5.75 Å². The van der Waals surface area contributed by atoms with Gasteiger partial charge in [-0.15, -0.1) is 0 Å². The zero-order valence-electron chi connectivity index (χ0n) is 9.63. The maximum atomic E-state index is 5.95. The average Bonchev–Trinajstić information content (AvgIpc) is 3.03. The highest BCUT2D eigenvalue weighted by Gasteiger charge is 2.25. The van der Waals surface area contributed by atoms with E-state index in [1.807, 2.05) is 0 Å². The minimum Gasteiger partial charge on any atom is -0.489 e. The maximum Gasteiger partial charge on any atom is 0.137 e. The van der Waals surface area contributed by atoms with Crippen LogP contribution < -0.4 is 10.5 Å². The van der Waals surface area contributed by atoms with Crippen molar-refractivity contribution in [2.24, 2.45) is 5.73 Å². The Hall–Kier alpha value is -0.540. The molecule has 1 saturated carbocycles.